The Hall–Kier alpha value is -1.35. The van der Waals surface area contributed by atoms with Crippen molar-refractivity contribution in [2.24, 2.45) is 10.9 Å². The highest BCUT2D eigenvalue weighted by Gasteiger charge is 2.23. The zero-order chi connectivity index (χ0) is 22.1. The van der Waals surface area contributed by atoms with E-state index in [4.69, 9.17) is 0 Å². The number of hydrogen-bond donors (Lipinski definition) is 2. The lowest BCUT2D eigenvalue weighted by molar-refractivity contribution is -0.128. The molecule has 1 amide bonds. The smallest absolute Gasteiger partial charge is 0.222 e. The molecule has 1 unspecified atom stereocenters. The summed E-state index contributed by atoms with van der Waals surface area (Å²) in [7, 11) is 1.84. The van der Waals surface area contributed by atoms with Crippen molar-refractivity contribution >= 4 is 35.8 Å². The second-order valence-electron chi connectivity index (χ2n) is 9.30. The van der Waals surface area contributed by atoms with E-state index in [1.165, 1.54) is 49.9 Å². The average Bonchev–Trinajstić information content (AvgIpc) is 3.00. The van der Waals surface area contributed by atoms with E-state index < -0.39 is 0 Å². The largest absolute Gasteiger partial charge is 0.355 e. The molecule has 180 valence electrons. The summed E-state index contributed by atoms with van der Waals surface area (Å²) in [5.74, 6) is 1.74. The molecule has 1 aromatic carbocycles. The summed E-state index contributed by atoms with van der Waals surface area (Å²) < 4.78 is 0. The van der Waals surface area contributed by atoms with Crippen LogP contribution >= 0.6 is 24.0 Å². The first kappa shape index (κ1) is 26.9. The van der Waals surface area contributed by atoms with Gasteiger partial charge in [0, 0.05) is 45.7 Å². The molecule has 2 aliphatic heterocycles. The highest BCUT2D eigenvalue weighted by Crippen LogP contribution is 2.17. The van der Waals surface area contributed by atoms with E-state index in [-0.39, 0.29) is 29.9 Å². The van der Waals surface area contributed by atoms with Crippen LogP contribution < -0.4 is 10.6 Å². The maximum Gasteiger partial charge on any atom is 0.222 e. The van der Waals surface area contributed by atoms with Gasteiger partial charge in [-0.05, 0) is 49.4 Å². The fourth-order valence-electron chi connectivity index (χ4n) is 4.67. The number of guanidine groups is 1. The molecule has 6 nitrogen and oxygen atoms in total. The Morgan fingerprint density at radius 3 is 2.19 bits per heavy atom. The molecule has 32 heavy (non-hydrogen) atoms. The molecule has 7 heteroatoms. The van der Waals surface area contributed by atoms with Crippen LogP contribution in [0.5, 0.6) is 0 Å². The summed E-state index contributed by atoms with van der Waals surface area (Å²) in [6.07, 6.45) is 7.05. The Morgan fingerprint density at radius 2 is 1.62 bits per heavy atom. The fourth-order valence-corrected chi connectivity index (χ4v) is 4.67. The van der Waals surface area contributed by atoms with Gasteiger partial charge in [0.1, 0.15) is 0 Å². The van der Waals surface area contributed by atoms with Crippen LogP contribution in [0.4, 0.5) is 0 Å². The van der Waals surface area contributed by atoms with Crippen LogP contribution in [0.3, 0.4) is 0 Å². The van der Waals surface area contributed by atoms with E-state index in [2.05, 4.69) is 58.6 Å². The first-order valence-electron chi connectivity index (χ1n) is 12.1. The number of aliphatic imine (C=N–C) groups is 1. The van der Waals surface area contributed by atoms with Gasteiger partial charge in [-0.15, -0.1) is 24.0 Å². The van der Waals surface area contributed by atoms with E-state index >= 15 is 0 Å². The van der Waals surface area contributed by atoms with Crippen molar-refractivity contribution in [1.82, 2.24) is 20.4 Å². The van der Waals surface area contributed by atoms with E-state index in [0.29, 0.717) is 18.4 Å². The van der Waals surface area contributed by atoms with Crippen LogP contribution in [0.2, 0.25) is 0 Å². The Morgan fingerprint density at radius 1 is 0.969 bits per heavy atom. The van der Waals surface area contributed by atoms with Gasteiger partial charge in [-0.3, -0.25) is 14.7 Å². The highest BCUT2D eigenvalue weighted by atomic mass is 127. The molecule has 0 saturated carbocycles. The van der Waals surface area contributed by atoms with Crippen molar-refractivity contribution in [2.75, 3.05) is 33.2 Å². The Kier molecular flexibility index (Phi) is 11.8. The molecule has 1 aromatic rings. The maximum absolute atomic E-state index is 11.8. The van der Waals surface area contributed by atoms with Crippen molar-refractivity contribution in [2.45, 2.75) is 71.5 Å². The number of amides is 1. The zero-order valence-corrected chi connectivity index (χ0v) is 22.4. The molecule has 0 radical (unpaired) electrons. The quantitative estimate of drug-likeness (QED) is 0.290. The number of carbonyl (C=O) groups is 1. The molecule has 0 aliphatic carbocycles. The maximum atomic E-state index is 11.8. The van der Waals surface area contributed by atoms with Crippen molar-refractivity contribution in [3.05, 3.63) is 35.4 Å². The second kappa shape index (κ2) is 14.0. The summed E-state index contributed by atoms with van der Waals surface area (Å²) >= 11 is 0. The van der Waals surface area contributed by atoms with Gasteiger partial charge in [-0.2, -0.15) is 0 Å². The van der Waals surface area contributed by atoms with Crippen LogP contribution in [0.25, 0.3) is 0 Å². The van der Waals surface area contributed by atoms with E-state index in [0.717, 1.165) is 38.6 Å². The van der Waals surface area contributed by atoms with E-state index in [9.17, 15) is 4.79 Å². The fraction of sp³-hybridized carbons (Fsp3) is 0.680. The molecule has 0 bridgehead atoms. The van der Waals surface area contributed by atoms with E-state index in [1.54, 1.807) is 0 Å². The van der Waals surface area contributed by atoms with Crippen LogP contribution in [0.15, 0.2) is 29.3 Å². The Balaban J connectivity index is 0.00000363. The van der Waals surface area contributed by atoms with Gasteiger partial charge < -0.3 is 15.5 Å². The molecule has 3 rings (SSSR count). The van der Waals surface area contributed by atoms with Gasteiger partial charge in [0.05, 0.1) is 0 Å². The monoisotopic (exact) mass is 555 g/mol. The number of nitrogens with zero attached hydrogens (tertiary/aromatic N) is 3. The van der Waals surface area contributed by atoms with Gasteiger partial charge in [-0.25, -0.2) is 0 Å². The van der Waals surface area contributed by atoms with Crippen molar-refractivity contribution in [3.63, 3.8) is 0 Å². The standard InChI is InChI=1S/C25H41N5O.HI/c1-20(2)23(29-14-6-4-5-7-15-29)18-28-25(26-3)27-17-21-10-12-22(13-11-21)19-30-16-8-9-24(30)31;/h10-13,20,23H,4-9,14-19H2,1-3H3,(H2,26,27,28);1H. The molecule has 2 N–H and O–H groups in total. The van der Waals surface area contributed by atoms with Gasteiger partial charge in [0.2, 0.25) is 5.91 Å². The lowest BCUT2D eigenvalue weighted by Gasteiger charge is -2.34. The number of benzene rings is 1. The Labute approximate surface area is 211 Å². The minimum atomic E-state index is 0. The summed E-state index contributed by atoms with van der Waals surface area (Å²) in [6.45, 7) is 10.3. The molecule has 2 saturated heterocycles. The summed E-state index contributed by atoms with van der Waals surface area (Å²) in [6, 6.07) is 9.08. The normalized spacial score (nSPS) is 18.9. The molecule has 2 fully saturated rings. The molecule has 2 heterocycles. The number of rotatable bonds is 8. The Bertz CT molecular complexity index is 714. The molecular formula is C25H42IN5O. The first-order valence-corrected chi connectivity index (χ1v) is 12.1. The topological polar surface area (TPSA) is 60.0 Å². The summed E-state index contributed by atoms with van der Waals surface area (Å²) in [5, 5.41) is 7.01. The number of nitrogens with one attached hydrogen (secondary N) is 2. The van der Waals surface area contributed by atoms with Gasteiger partial charge >= 0.3 is 0 Å². The third-order valence-corrected chi connectivity index (χ3v) is 6.61. The zero-order valence-electron chi connectivity index (χ0n) is 20.1. The molecule has 0 spiro atoms. The van der Waals surface area contributed by atoms with Crippen molar-refractivity contribution < 1.29 is 4.79 Å². The first-order chi connectivity index (χ1) is 15.1. The number of likely N-dealkylation sites (tertiary alicyclic amines) is 2. The number of halogens is 1. The lowest BCUT2D eigenvalue weighted by atomic mass is 10.0. The highest BCUT2D eigenvalue weighted by molar-refractivity contribution is 14.0. The van der Waals surface area contributed by atoms with E-state index in [1.807, 2.05) is 11.9 Å². The van der Waals surface area contributed by atoms with Crippen molar-refractivity contribution in [1.29, 1.82) is 0 Å². The summed E-state index contributed by atoms with van der Waals surface area (Å²) in [5.41, 5.74) is 2.41. The predicted molar refractivity (Wildman–Crippen MR) is 143 cm³/mol. The summed E-state index contributed by atoms with van der Waals surface area (Å²) in [4.78, 5) is 20.9. The minimum Gasteiger partial charge on any atom is -0.355 e. The average molecular weight is 556 g/mol. The van der Waals surface area contributed by atoms with Crippen LogP contribution in [-0.2, 0) is 17.9 Å². The number of hydrogen-bond acceptors (Lipinski definition) is 3. The molecular weight excluding hydrogens is 513 g/mol. The third-order valence-electron chi connectivity index (χ3n) is 6.61. The van der Waals surface area contributed by atoms with Gasteiger partial charge in [0.25, 0.3) is 0 Å². The minimum absolute atomic E-state index is 0. The van der Waals surface area contributed by atoms with Crippen LogP contribution in [-0.4, -0.2) is 60.9 Å². The predicted octanol–water partition coefficient (Wildman–Crippen LogP) is 3.99. The second-order valence-corrected chi connectivity index (χ2v) is 9.30. The molecule has 1 atom stereocenters. The van der Waals surface area contributed by atoms with Crippen LogP contribution in [0, 0.1) is 5.92 Å². The number of carbonyl (C=O) groups excluding carboxylic acids is 1. The van der Waals surface area contributed by atoms with Crippen molar-refractivity contribution in [3.8, 4) is 0 Å². The molecule has 2 aliphatic rings. The molecule has 0 aromatic heterocycles. The van der Waals surface area contributed by atoms with Crippen LogP contribution in [0.1, 0.15) is 63.5 Å². The van der Waals surface area contributed by atoms with Gasteiger partial charge in [0.15, 0.2) is 5.96 Å². The lowest BCUT2D eigenvalue weighted by Crippen LogP contribution is -2.49. The third kappa shape index (κ3) is 8.21. The SMILES string of the molecule is CN=C(NCc1ccc(CN2CCCC2=O)cc1)NCC(C(C)C)N1CCCCCC1.I. The van der Waals surface area contributed by atoms with Gasteiger partial charge in [-0.1, -0.05) is 51.0 Å².